The lowest BCUT2D eigenvalue weighted by atomic mass is 10.3. The Morgan fingerprint density at radius 3 is 2.83 bits per heavy atom. The molecule has 90 valence electrons. The summed E-state index contributed by atoms with van der Waals surface area (Å²) in [7, 11) is 0. The van der Waals surface area contributed by atoms with Gasteiger partial charge in [0.15, 0.2) is 5.78 Å². The summed E-state index contributed by atoms with van der Waals surface area (Å²) in [5.41, 5.74) is 1.77. The summed E-state index contributed by atoms with van der Waals surface area (Å²) in [6.07, 6.45) is 1.76. The van der Waals surface area contributed by atoms with Gasteiger partial charge in [-0.1, -0.05) is 18.2 Å². The molecular weight excluding hydrogens is 244 g/mol. The average molecular weight is 256 g/mol. The van der Waals surface area contributed by atoms with Gasteiger partial charge in [-0.3, -0.25) is 4.79 Å². The Morgan fingerprint density at radius 1 is 1.17 bits per heavy atom. The van der Waals surface area contributed by atoms with Crippen LogP contribution in [0.5, 0.6) is 0 Å². The molecular formula is C14H12N2OS. The van der Waals surface area contributed by atoms with Crippen LogP contribution in [0, 0.1) is 0 Å². The number of nitrogens with one attached hydrogen (secondary N) is 2. The molecule has 0 atom stereocenters. The van der Waals surface area contributed by atoms with Gasteiger partial charge in [0.2, 0.25) is 0 Å². The molecule has 3 aromatic rings. The molecule has 2 N–H and O–H groups in total. The summed E-state index contributed by atoms with van der Waals surface area (Å²) in [5, 5.41) is 2.20. The Labute approximate surface area is 109 Å². The third-order valence-electron chi connectivity index (χ3n) is 2.76. The zero-order valence-corrected chi connectivity index (χ0v) is 10.5. The minimum absolute atomic E-state index is 0.114. The molecule has 3 nitrogen and oxygen atoms in total. The molecule has 3 rings (SSSR count). The molecule has 4 heteroatoms. The average Bonchev–Trinajstić information content (AvgIpc) is 3.04. The van der Waals surface area contributed by atoms with Crippen molar-refractivity contribution in [1.29, 1.82) is 0 Å². The molecule has 0 aliphatic rings. The van der Waals surface area contributed by atoms with Gasteiger partial charge in [-0.2, -0.15) is 0 Å². The highest BCUT2D eigenvalue weighted by Crippen LogP contribution is 2.23. The molecule has 0 saturated heterocycles. The first-order valence-corrected chi connectivity index (χ1v) is 6.68. The van der Waals surface area contributed by atoms with Crippen LogP contribution in [0.15, 0.2) is 53.7 Å². The largest absolute Gasteiger partial charge is 0.359 e. The van der Waals surface area contributed by atoms with Crippen molar-refractivity contribution < 1.29 is 4.79 Å². The van der Waals surface area contributed by atoms with Crippen LogP contribution in [0.1, 0.15) is 10.5 Å². The van der Waals surface area contributed by atoms with E-state index in [0.717, 1.165) is 10.5 Å². The lowest BCUT2D eigenvalue weighted by Crippen LogP contribution is -2.02. The number of thioether (sulfide) groups is 1. The second-order valence-corrected chi connectivity index (χ2v) is 5.03. The molecule has 0 saturated carbocycles. The van der Waals surface area contributed by atoms with Crippen molar-refractivity contribution in [3.05, 3.63) is 54.4 Å². The summed E-state index contributed by atoms with van der Waals surface area (Å²) in [6, 6.07) is 13.8. The fourth-order valence-electron chi connectivity index (χ4n) is 1.85. The van der Waals surface area contributed by atoms with Crippen LogP contribution in [0.25, 0.3) is 10.9 Å². The number of aromatic amines is 2. The molecule has 2 heterocycles. The SMILES string of the molecule is O=C(CSc1cc2ccccc2[nH]1)c1ccc[nH]1. The predicted molar refractivity (Wildman–Crippen MR) is 74.1 cm³/mol. The number of hydrogen-bond acceptors (Lipinski definition) is 2. The Bertz CT molecular complexity index is 637. The lowest BCUT2D eigenvalue weighted by Gasteiger charge is -1.96. The molecule has 0 amide bonds. The van der Waals surface area contributed by atoms with E-state index in [9.17, 15) is 4.79 Å². The highest BCUT2D eigenvalue weighted by Gasteiger charge is 2.08. The standard InChI is InChI=1S/C14H12N2OS/c17-13(12-6-3-7-15-12)9-18-14-8-10-4-1-2-5-11(10)16-14/h1-8,15-16H,9H2. The third-order valence-corrected chi connectivity index (χ3v) is 3.70. The van der Waals surface area contributed by atoms with Gasteiger partial charge in [0.05, 0.1) is 16.5 Å². The number of aromatic nitrogens is 2. The summed E-state index contributed by atoms with van der Waals surface area (Å²) in [5.74, 6) is 0.552. The van der Waals surface area contributed by atoms with Gasteiger partial charge in [-0.25, -0.2) is 0 Å². The maximum Gasteiger partial charge on any atom is 0.189 e. The van der Waals surface area contributed by atoms with Gasteiger partial charge in [0, 0.05) is 17.1 Å². The van der Waals surface area contributed by atoms with Gasteiger partial charge in [-0.05, 0) is 24.3 Å². The fraction of sp³-hybridized carbons (Fsp3) is 0.0714. The van der Waals surface area contributed by atoms with Gasteiger partial charge < -0.3 is 9.97 Å². The molecule has 2 aromatic heterocycles. The number of benzene rings is 1. The van der Waals surface area contributed by atoms with Gasteiger partial charge in [-0.15, -0.1) is 11.8 Å². The van der Waals surface area contributed by atoms with Gasteiger partial charge >= 0.3 is 0 Å². The summed E-state index contributed by atoms with van der Waals surface area (Å²) in [6.45, 7) is 0. The number of para-hydroxylation sites is 1. The number of fused-ring (bicyclic) bond motifs is 1. The van der Waals surface area contributed by atoms with E-state index < -0.39 is 0 Å². The first-order valence-electron chi connectivity index (χ1n) is 5.70. The molecule has 0 bridgehead atoms. The van der Waals surface area contributed by atoms with Crippen LogP contribution in [-0.4, -0.2) is 21.5 Å². The summed E-state index contributed by atoms with van der Waals surface area (Å²) < 4.78 is 0. The number of carbonyl (C=O) groups is 1. The Hall–Kier alpha value is -1.94. The molecule has 18 heavy (non-hydrogen) atoms. The highest BCUT2D eigenvalue weighted by molar-refractivity contribution is 7.99. The molecule has 0 radical (unpaired) electrons. The smallest absolute Gasteiger partial charge is 0.189 e. The van der Waals surface area contributed by atoms with Gasteiger partial charge in [0.1, 0.15) is 0 Å². The van der Waals surface area contributed by atoms with Crippen LogP contribution >= 0.6 is 11.8 Å². The second kappa shape index (κ2) is 4.74. The van der Waals surface area contributed by atoms with Crippen molar-refractivity contribution >= 4 is 28.4 Å². The quantitative estimate of drug-likeness (QED) is 0.554. The third kappa shape index (κ3) is 2.19. The maximum absolute atomic E-state index is 11.8. The number of Topliss-reactive ketones (excluding diaryl/α,β-unsaturated/α-hetero) is 1. The van der Waals surface area contributed by atoms with Crippen LogP contribution in [0.4, 0.5) is 0 Å². The fourth-order valence-corrected chi connectivity index (χ4v) is 2.68. The van der Waals surface area contributed by atoms with E-state index >= 15 is 0 Å². The minimum Gasteiger partial charge on any atom is -0.359 e. The number of H-pyrrole nitrogens is 2. The Balaban J connectivity index is 1.71. The Kier molecular flexibility index (Phi) is 2.94. The zero-order valence-electron chi connectivity index (χ0n) is 9.64. The number of ketones is 1. The minimum atomic E-state index is 0.114. The van der Waals surface area contributed by atoms with Crippen molar-refractivity contribution in [2.45, 2.75) is 5.03 Å². The first kappa shape index (κ1) is 11.2. The van der Waals surface area contributed by atoms with Crippen molar-refractivity contribution in [2.75, 3.05) is 5.75 Å². The zero-order chi connectivity index (χ0) is 12.4. The van der Waals surface area contributed by atoms with Crippen molar-refractivity contribution in [3.63, 3.8) is 0 Å². The van der Waals surface area contributed by atoms with Crippen molar-refractivity contribution in [1.82, 2.24) is 9.97 Å². The lowest BCUT2D eigenvalue weighted by molar-refractivity contribution is 0.101. The Morgan fingerprint density at radius 2 is 2.06 bits per heavy atom. The predicted octanol–water partition coefficient (Wildman–Crippen LogP) is 3.47. The van der Waals surface area contributed by atoms with E-state index in [0.29, 0.717) is 11.4 Å². The van der Waals surface area contributed by atoms with E-state index in [1.54, 1.807) is 12.3 Å². The highest BCUT2D eigenvalue weighted by atomic mass is 32.2. The number of carbonyl (C=O) groups excluding carboxylic acids is 1. The molecule has 0 spiro atoms. The van der Waals surface area contributed by atoms with E-state index in [1.165, 1.54) is 17.1 Å². The summed E-state index contributed by atoms with van der Waals surface area (Å²) >= 11 is 1.53. The van der Waals surface area contributed by atoms with E-state index in [4.69, 9.17) is 0 Å². The van der Waals surface area contributed by atoms with Crippen LogP contribution in [0.2, 0.25) is 0 Å². The summed E-state index contributed by atoms with van der Waals surface area (Å²) in [4.78, 5) is 18.1. The van der Waals surface area contributed by atoms with E-state index in [1.807, 2.05) is 24.3 Å². The van der Waals surface area contributed by atoms with Crippen LogP contribution < -0.4 is 0 Å². The van der Waals surface area contributed by atoms with E-state index in [2.05, 4.69) is 22.1 Å². The van der Waals surface area contributed by atoms with Crippen LogP contribution in [0.3, 0.4) is 0 Å². The second-order valence-electron chi connectivity index (χ2n) is 4.02. The molecule has 0 unspecified atom stereocenters. The monoisotopic (exact) mass is 256 g/mol. The topological polar surface area (TPSA) is 48.6 Å². The first-order chi connectivity index (χ1) is 8.83. The van der Waals surface area contributed by atoms with Crippen LogP contribution in [-0.2, 0) is 0 Å². The normalized spacial score (nSPS) is 10.9. The van der Waals surface area contributed by atoms with Crippen molar-refractivity contribution in [3.8, 4) is 0 Å². The molecule has 0 aliphatic heterocycles. The molecule has 0 fully saturated rings. The van der Waals surface area contributed by atoms with Crippen molar-refractivity contribution in [2.24, 2.45) is 0 Å². The molecule has 1 aromatic carbocycles. The number of hydrogen-bond donors (Lipinski definition) is 2. The maximum atomic E-state index is 11.8. The molecule has 0 aliphatic carbocycles. The van der Waals surface area contributed by atoms with Gasteiger partial charge in [0.25, 0.3) is 0 Å². The number of rotatable bonds is 4. The van der Waals surface area contributed by atoms with E-state index in [-0.39, 0.29) is 5.78 Å².